The summed E-state index contributed by atoms with van der Waals surface area (Å²) in [5.74, 6) is 0.0352. The molecule has 2 aromatic rings. The van der Waals surface area contributed by atoms with Crippen LogP contribution in [-0.2, 0) is 15.8 Å². The SMILES string of the molecule is COc1ccc([C@H]2CC(c3ccc(F)cc3)=CC(=O)/C2=C/NS(=O)C(C)(C)C)cc1. The Kier molecular flexibility index (Phi) is 6.56. The Balaban J connectivity index is 2.00. The molecule has 0 fully saturated rings. The molecular weight excluding hydrogens is 401 g/mol. The molecule has 1 unspecified atom stereocenters. The molecule has 0 saturated carbocycles. The highest BCUT2D eigenvalue weighted by Gasteiger charge is 2.29. The van der Waals surface area contributed by atoms with E-state index in [1.54, 1.807) is 31.5 Å². The van der Waals surface area contributed by atoms with Gasteiger partial charge in [-0.1, -0.05) is 24.3 Å². The van der Waals surface area contributed by atoms with Gasteiger partial charge in [0, 0.05) is 17.7 Å². The third-order valence-corrected chi connectivity index (χ3v) is 6.44. The lowest BCUT2D eigenvalue weighted by molar-refractivity contribution is -0.111. The van der Waals surface area contributed by atoms with Crippen molar-refractivity contribution >= 4 is 22.3 Å². The largest absolute Gasteiger partial charge is 0.497 e. The maximum atomic E-state index is 13.3. The number of allylic oxidation sites excluding steroid dienone is 3. The Bertz CT molecular complexity index is 1000. The first kappa shape index (κ1) is 22.0. The van der Waals surface area contributed by atoms with Gasteiger partial charge in [-0.3, -0.25) is 4.79 Å². The van der Waals surface area contributed by atoms with Crippen LogP contribution in [0.3, 0.4) is 0 Å². The fraction of sp³-hybridized carbons (Fsp3) is 0.292. The van der Waals surface area contributed by atoms with Gasteiger partial charge in [0.05, 0.1) is 11.9 Å². The Morgan fingerprint density at radius 2 is 1.73 bits per heavy atom. The van der Waals surface area contributed by atoms with Gasteiger partial charge in [0.15, 0.2) is 5.78 Å². The first-order valence-electron chi connectivity index (χ1n) is 9.72. The first-order valence-corrected chi connectivity index (χ1v) is 10.9. The van der Waals surface area contributed by atoms with Gasteiger partial charge >= 0.3 is 0 Å². The molecule has 4 nitrogen and oxygen atoms in total. The van der Waals surface area contributed by atoms with Crippen LogP contribution < -0.4 is 9.46 Å². The van der Waals surface area contributed by atoms with Crippen LogP contribution in [0, 0.1) is 5.82 Å². The monoisotopic (exact) mass is 427 g/mol. The quantitative estimate of drug-likeness (QED) is 0.690. The summed E-state index contributed by atoms with van der Waals surface area (Å²) in [4.78, 5) is 13.0. The number of ketones is 1. The standard InChI is InChI=1S/C24H26FNO3S/c1-24(2,3)30(28)26-15-22-21(17-7-11-20(29-4)12-8-17)13-18(14-23(22)27)16-5-9-19(25)10-6-16/h5-12,14-15,21,26H,13H2,1-4H3/b22-15+/t21-,30?/m1/s1. The van der Waals surface area contributed by atoms with Crippen molar-refractivity contribution in [3.05, 3.63) is 83.3 Å². The fourth-order valence-corrected chi connectivity index (χ4v) is 3.85. The van der Waals surface area contributed by atoms with Crippen molar-refractivity contribution < 1.29 is 18.1 Å². The molecule has 0 heterocycles. The predicted molar refractivity (Wildman–Crippen MR) is 119 cm³/mol. The van der Waals surface area contributed by atoms with Crippen molar-refractivity contribution in [2.24, 2.45) is 0 Å². The highest BCUT2D eigenvalue weighted by molar-refractivity contribution is 7.84. The number of ether oxygens (including phenoxy) is 1. The Morgan fingerprint density at radius 3 is 2.30 bits per heavy atom. The second-order valence-electron chi connectivity index (χ2n) is 8.17. The van der Waals surface area contributed by atoms with E-state index in [4.69, 9.17) is 4.74 Å². The van der Waals surface area contributed by atoms with E-state index >= 15 is 0 Å². The van der Waals surface area contributed by atoms with Crippen LogP contribution >= 0.6 is 0 Å². The van der Waals surface area contributed by atoms with Crippen molar-refractivity contribution in [2.75, 3.05) is 7.11 Å². The van der Waals surface area contributed by atoms with E-state index in [2.05, 4.69) is 4.72 Å². The van der Waals surface area contributed by atoms with Crippen LogP contribution in [-0.4, -0.2) is 21.8 Å². The second kappa shape index (κ2) is 8.96. The summed E-state index contributed by atoms with van der Waals surface area (Å²) >= 11 is 0. The molecular formula is C24H26FNO3S. The molecule has 3 rings (SSSR count). The zero-order valence-corrected chi connectivity index (χ0v) is 18.4. The van der Waals surface area contributed by atoms with Crippen LogP contribution in [0.25, 0.3) is 5.57 Å². The van der Waals surface area contributed by atoms with E-state index in [9.17, 15) is 13.4 Å². The number of nitrogens with one attached hydrogen (secondary N) is 1. The lowest BCUT2D eigenvalue weighted by Gasteiger charge is -2.26. The number of carbonyl (C=O) groups excluding carboxylic acids is 1. The molecule has 6 heteroatoms. The van der Waals surface area contributed by atoms with Crippen molar-refractivity contribution in [2.45, 2.75) is 37.9 Å². The van der Waals surface area contributed by atoms with Crippen LogP contribution in [0.2, 0.25) is 0 Å². The molecule has 0 bridgehead atoms. The van der Waals surface area contributed by atoms with Crippen LogP contribution in [0.1, 0.15) is 44.2 Å². The van der Waals surface area contributed by atoms with Crippen LogP contribution in [0.5, 0.6) is 5.75 Å². The van der Waals surface area contributed by atoms with Gasteiger partial charge in [-0.15, -0.1) is 0 Å². The molecule has 2 aromatic carbocycles. The lowest BCUT2D eigenvalue weighted by Crippen LogP contribution is -2.31. The number of benzene rings is 2. The summed E-state index contributed by atoms with van der Waals surface area (Å²) in [6, 6.07) is 13.7. The minimum atomic E-state index is -1.34. The van der Waals surface area contributed by atoms with Crippen LogP contribution in [0.4, 0.5) is 4.39 Å². The molecule has 1 aliphatic carbocycles. The summed E-state index contributed by atoms with van der Waals surface area (Å²) in [6.07, 6.45) is 3.73. The zero-order valence-electron chi connectivity index (χ0n) is 17.6. The van der Waals surface area contributed by atoms with E-state index in [0.29, 0.717) is 12.0 Å². The predicted octanol–water partition coefficient (Wildman–Crippen LogP) is 4.91. The number of hydrogen-bond acceptors (Lipinski definition) is 3. The maximum Gasteiger partial charge on any atom is 0.184 e. The summed E-state index contributed by atoms with van der Waals surface area (Å²) in [7, 11) is 0.264. The number of methoxy groups -OCH3 is 1. The molecule has 1 aliphatic rings. The minimum absolute atomic E-state index is 0.153. The van der Waals surface area contributed by atoms with Gasteiger partial charge < -0.3 is 9.46 Å². The van der Waals surface area contributed by atoms with Crippen molar-refractivity contribution in [1.29, 1.82) is 0 Å². The van der Waals surface area contributed by atoms with Gasteiger partial charge in [-0.2, -0.15) is 0 Å². The molecule has 0 amide bonds. The van der Waals surface area contributed by atoms with Gasteiger partial charge in [-0.25, -0.2) is 8.60 Å². The second-order valence-corrected chi connectivity index (χ2v) is 10.2. The highest BCUT2D eigenvalue weighted by atomic mass is 32.2. The van der Waals surface area contributed by atoms with Crippen molar-refractivity contribution in [3.63, 3.8) is 0 Å². The number of hydrogen-bond donors (Lipinski definition) is 1. The average Bonchev–Trinajstić information content (AvgIpc) is 2.72. The third kappa shape index (κ3) is 5.05. The average molecular weight is 428 g/mol. The van der Waals surface area contributed by atoms with E-state index in [1.807, 2.05) is 45.0 Å². The number of carbonyl (C=O) groups is 1. The molecule has 0 aromatic heterocycles. The van der Waals surface area contributed by atoms with Crippen molar-refractivity contribution in [3.8, 4) is 5.75 Å². The summed E-state index contributed by atoms with van der Waals surface area (Å²) < 4.78 is 33.4. The molecule has 30 heavy (non-hydrogen) atoms. The van der Waals surface area contributed by atoms with E-state index in [1.165, 1.54) is 12.1 Å². The zero-order chi connectivity index (χ0) is 21.9. The van der Waals surface area contributed by atoms with E-state index in [0.717, 1.165) is 22.4 Å². The summed E-state index contributed by atoms with van der Waals surface area (Å²) in [5, 5.41) is 0. The summed E-state index contributed by atoms with van der Waals surface area (Å²) in [5.41, 5.74) is 3.15. The molecule has 0 spiro atoms. The number of rotatable bonds is 5. The fourth-order valence-electron chi connectivity index (χ4n) is 3.27. The first-order chi connectivity index (χ1) is 14.2. The van der Waals surface area contributed by atoms with Gasteiger partial charge in [-0.05, 0) is 74.2 Å². The van der Waals surface area contributed by atoms with E-state index in [-0.39, 0.29) is 17.5 Å². The third-order valence-electron chi connectivity index (χ3n) is 5.00. The van der Waals surface area contributed by atoms with Gasteiger partial charge in [0.2, 0.25) is 0 Å². The van der Waals surface area contributed by atoms with Crippen LogP contribution in [0.15, 0.2) is 66.4 Å². The number of halogens is 1. The summed E-state index contributed by atoms with van der Waals surface area (Å²) in [6.45, 7) is 5.60. The molecule has 2 atom stereocenters. The topological polar surface area (TPSA) is 55.4 Å². The molecule has 158 valence electrons. The molecule has 0 aliphatic heterocycles. The highest BCUT2D eigenvalue weighted by Crippen LogP contribution is 2.39. The molecule has 0 saturated heterocycles. The van der Waals surface area contributed by atoms with Gasteiger partial charge in [0.1, 0.15) is 22.6 Å². The molecule has 1 N–H and O–H groups in total. The Hall–Kier alpha value is -2.73. The maximum absolute atomic E-state index is 13.3. The van der Waals surface area contributed by atoms with Crippen molar-refractivity contribution in [1.82, 2.24) is 4.72 Å². The Morgan fingerprint density at radius 1 is 1.10 bits per heavy atom. The van der Waals surface area contributed by atoms with Gasteiger partial charge in [0.25, 0.3) is 0 Å². The lowest BCUT2D eigenvalue weighted by atomic mass is 9.78. The minimum Gasteiger partial charge on any atom is -0.497 e. The molecule has 0 radical (unpaired) electrons. The smallest absolute Gasteiger partial charge is 0.184 e. The Labute approximate surface area is 179 Å². The normalized spacial score (nSPS) is 19.4. The van der Waals surface area contributed by atoms with E-state index < -0.39 is 15.7 Å².